The van der Waals surface area contributed by atoms with Crippen molar-refractivity contribution in [1.29, 1.82) is 0 Å². The van der Waals surface area contributed by atoms with E-state index in [1.54, 1.807) is 20.1 Å². The Morgan fingerprint density at radius 3 is 2.37 bits per heavy atom. The lowest BCUT2D eigenvalue weighted by molar-refractivity contribution is -0.131. The van der Waals surface area contributed by atoms with Crippen molar-refractivity contribution in [2.24, 2.45) is 0 Å². The van der Waals surface area contributed by atoms with Gasteiger partial charge in [0.25, 0.3) is 0 Å². The highest BCUT2D eigenvalue weighted by molar-refractivity contribution is 5.81. The Labute approximate surface area is 113 Å². The number of benzene rings is 1. The van der Waals surface area contributed by atoms with Crippen LogP contribution in [-0.4, -0.2) is 18.2 Å². The molecule has 0 radical (unpaired) electrons. The number of carboxylic acid groups (broad SMARTS) is 1. The first kappa shape index (κ1) is 14.8. The molecule has 19 heavy (non-hydrogen) atoms. The molecule has 1 rings (SSSR count). The molecular weight excluding hydrogens is 240 g/mol. The van der Waals surface area contributed by atoms with Crippen LogP contribution in [0.3, 0.4) is 0 Å². The molecule has 0 aliphatic heterocycles. The summed E-state index contributed by atoms with van der Waals surface area (Å²) < 4.78 is 5.10. The third-order valence-corrected chi connectivity index (χ3v) is 2.60. The van der Waals surface area contributed by atoms with Gasteiger partial charge in [-0.3, -0.25) is 0 Å². The van der Waals surface area contributed by atoms with E-state index in [4.69, 9.17) is 9.84 Å². The molecular formula is C16H18O3. The van der Waals surface area contributed by atoms with E-state index >= 15 is 0 Å². The van der Waals surface area contributed by atoms with Gasteiger partial charge in [-0.25, -0.2) is 4.79 Å². The van der Waals surface area contributed by atoms with E-state index in [-0.39, 0.29) is 0 Å². The molecule has 0 saturated heterocycles. The standard InChI is InChI=1S/C16H18O3/c1-12(11-16(17)18)5-4-6-13(2)14-7-9-15(19-3)10-8-14/h4-11H,1-3H3,(H,17,18). The van der Waals surface area contributed by atoms with Crippen LogP contribution in [0.4, 0.5) is 0 Å². The van der Waals surface area contributed by atoms with E-state index in [1.165, 1.54) is 6.08 Å². The van der Waals surface area contributed by atoms with Gasteiger partial charge in [0.2, 0.25) is 0 Å². The lowest BCUT2D eigenvalue weighted by atomic mass is 10.1. The van der Waals surface area contributed by atoms with E-state index < -0.39 is 5.97 Å². The average molecular weight is 258 g/mol. The maximum atomic E-state index is 10.5. The Morgan fingerprint density at radius 1 is 1.21 bits per heavy atom. The van der Waals surface area contributed by atoms with Crippen molar-refractivity contribution >= 4 is 11.5 Å². The van der Waals surface area contributed by atoms with Crippen molar-refractivity contribution in [3.05, 3.63) is 59.7 Å². The van der Waals surface area contributed by atoms with E-state index in [2.05, 4.69) is 0 Å². The third-order valence-electron chi connectivity index (χ3n) is 2.60. The first-order valence-corrected chi connectivity index (χ1v) is 5.93. The quantitative estimate of drug-likeness (QED) is 0.647. The van der Waals surface area contributed by atoms with Crippen LogP contribution in [-0.2, 0) is 4.79 Å². The molecule has 0 atom stereocenters. The largest absolute Gasteiger partial charge is 0.497 e. The van der Waals surface area contributed by atoms with Gasteiger partial charge in [0.05, 0.1) is 7.11 Å². The summed E-state index contributed by atoms with van der Waals surface area (Å²) in [6, 6.07) is 7.79. The van der Waals surface area contributed by atoms with Crippen LogP contribution in [0, 0.1) is 0 Å². The van der Waals surface area contributed by atoms with Crippen molar-refractivity contribution in [2.45, 2.75) is 13.8 Å². The van der Waals surface area contributed by atoms with Crippen LogP contribution in [0.25, 0.3) is 5.57 Å². The summed E-state index contributed by atoms with van der Waals surface area (Å²) in [5.74, 6) is -0.106. The van der Waals surface area contributed by atoms with E-state index in [9.17, 15) is 4.79 Å². The van der Waals surface area contributed by atoms with Gasteiger partial charge in [-0.05, 0) is 42.7 Å². The maximum Gasteiger partial charge on any atom is 0.328 e. The van der Waals surface area contributed by atoms with Gasteiger partial charge in [0, 0.05) is 6.08 Å². The first-order valence-electron chi connectivity index (χ1n) is 5.93. The van der Waals surface area contributed by atoms with Gasteiger partial charge in [0.15, 0.2) is 0 Å². The molecule has 0 aliphatic rings. The monoisotopic (exact) mass is 258 g/mol. The summed E-state index contributed by atoms with van der Waals surface area (Å²) in [6.07, 6.45) is 6.73. The highest BCUT2D eigenvalue weighted by atomic mass is 16.5. The second-order valence-electron chi connectivity index (χ2n) is 4.16. The Bertz CT molecular complexity index is 519. The fourth-order valence-electron chi connectivity index (χ4n) is 1.54. The van der Waals surface area contributed by atoms with Gasteiger partial charge in [-0.1, -0.05) is 30.4 Å². The summed E-state index contributed by atoms with van der Waals surface area (Å²) >= 11 is 0. The van der Waals surface area contributed by atoms with Crippen molar-refractivity contribution in [3.8, 4) is 5.75 Å². The smallest absolute Gasteiger partial charge is 0.328 e. The fraction of sp³-hybridized carbons (Fsp3) is 0.188. The van der Waals surface area contributed by atoms with Crippen molar-refractivity contribution in [1.82, 2.24) is 0 Å². The van der Waals surface area contributed by atoms with Gasteiger partial charge in [-0.2, -0.15) is 0 Å². The number of hydrogen-bond acceptors (Lipinski definition) is 2. The molecule has 0 aromatic heterocycles. The topological polar surface area (TPSA) is 46.5 Å². The Kier molecular flexibility index (Phi) is 5.61. The fourth-order valence-corrected chi connectivity index (χ4v) is 1.54. The number of carbonyl (C=O) groups is 1. The number of ether oxygens (including phenoxy) is 1. The lowest BCUT2D eigenvalue weighted by Crippen LogP contribution is -1.87. The van der Waals surface area contributed by atoms with Crippen LogP contribution in [0.15, 0.2) is 54.1 Å². The highest BCUT2D eigenvalue weighted by Gasteiger charge is 1.95. The van der Waals surface area contributed by atoms with Gasteiger partial charge in [0.1, 0.15) is 5.75 Å². The number of hydrogen-bond donors (Lipinski definition) is 1. The molecule has 100 valence electrons. The molecule has 0 fully saturated rings. The molecule has 0 saturated carbocycles. The van der Waals surface area contributed by atoms with Crippen LogP contribution in [0.5, 0.6) is 5.75 Å². The van der Waals surface area contributed by atoms with Crippen LogP contribution in [0.2, 0.25) is 0 Å². The molecule has 1 N–H and O–H groups in total. The number of allylic oxidation sites excluding steroid dienone is 5. The predicted molar refractivity (Wildman–Crippen MR) is 77.2 cm³/mol. The Hall–Kier alpha value is -2.29. The van der Waals surface area contributed by atoms with Gasteiger partial charge >= 0.3 is 5.97 Å². The molecule has 0 heterocycles. The minimum atomic E-state index is -0.932. The highest BCUT2D eigenvalue weighted by Crippen LogP contribution is 2.18. The van der Waals surface area contributed by atoms with Crippen LogP contribution >= 0.6 is 0 Å². The number of aliphatic carboxylic acids is 1. The molecule has 0 aliphatic carbocycles. The molecule has 0 spiro atoms. The van der Waals surface area contributed by atoms with E-state index in [0.717, 1.165) is 16.9 Å². The van der Waals surface area contributed by atoms with Gasteiger partial charge < -0.3 is 9.84 Å². The van der Waals surface area contributed by atoms with Crippen molar-refractivity contribution < 1.29 is 14.6 Å². The second-order valence-corrected chi connectivity index (χ2v) is 4.16. The zero-order chi connectivity index (χ0) is 14.3. The minimum absolute atomic E-state index is 0.700. The molecule has 1 aromatic carbocycles. The van der Waals surface area contributed by atoms with Gasteiger partial charge in [-0.15, -0.1) is 0 Å². The summed E-state index contributed by atoms with van der Waals surface area (Å²) in [5, 5.41) is 8.58. The number of rotatable bonds is 5. The van der Waals surface area contributed by atoms with Crippen molar-refractivity contribution in [2.75, 3.05) is 7.11 Å². The zero-order valence-corrected chi connectivity index (χ0v) is 11.4. The SMILES string of the molecule is COc1ccc(C(C)=CC=CC(C)=CC(=O)O)cc1. The first-order chi connectivity index (χ1) is 9.02. The lowest BCUT2D eigenvalue weighted by Gasteiger charge is -2.02. The van der Waals surface area contributed by atoms with Crippen LogP contribution in [0.1, 0.15) is 19.4 Å². The summed E-state index contributed by atoms with van der Waals surface area (Å²) in [7, 11) is 1.64. The second kappa shape index (κ2) is 7.21. The van der Waals surface area contributed by atoms with E-state index in [0.29, 0.717) is 5.57 Å². The molecule has 0 amide bonds. The minimum Gasteiger partial charge on any atom is -0.497 e. The summed E-state index contributed by atoms with van der Waals surface area (Å²) in [4.78, 5) is 10.5. The zero-order valence-electron chi connectivity index (χ0n) is 11.4. The average Bonchev–Trinajstić information content (AvgIpc) is 2.37. The predicted octanol–water partition coefficient (Wildman–Crippen LogP) is 3.69. The molecule has 0 unspecified atom stereocenters. The third kappa shape index (κ3) is 5.25. The molecule has 1 aromatic rings. The molecule has 3 heteroatoms. The number of carboxylic acids is 1. The summed E-state index contributed by atoms with van der Waals surface area (Å²) in [5.41, 5.74) is 2.90. The van der Waals surface area contributed by atoms with Crippen molar-refractivity contribution in [3.63, 3.8) is 0 Å². The Balaban J connectivity index is 2.76. The molecule has 0 bridgehead atoms. The summed E-state index contributed by atoms with van der Waals surface area (Å²) in [6.45, 7) is 3.75. The van der Waals surface area contributed by atoms with Crippen LogP contribution < -0.4 is 4.74 Å². The molecule has 3 nitrogen and oxygen atoms in total. The number of methoxy groups -OCH3 is 1. The van der Waals surface area contributed by atoms with E-state index in [1.807, 2.05) is 43.3 Å². The maximum absolute atomic E-state index is 10.5. The Morgan fingerprint density at radius 2 is 1.84 bits per heavy atom. The normalized spacial score (nSPS) is 12.8.